The monoisotopic (exact) mass is 506 g/mol. The Balaban J connectivity index is 0.000000343. The summed E-state index contributed by atoms with van der Waals surface area (Å²) < 4.78 is 74.0. The minimum absolute atomic E-state index is 0.427. The van der Waals surface area contributed by atoms with E-state index in [2.05, 4.69) is 22.9 Å². The lowest BCUT2D eigenvalue weighted by Crippen LogP contribution is -2.52. The molecule has 0 radical (unpaired) electrons. The number of rotatable bonds is 4. The van der Waals surface area contributed by atoms with Crippen molar-refractivity contribution in [2.75, 3.05) is 33.9 Å². The summed E-state index contributed by atoms with van der Waals surface area (Å²) in [5.74, 6) is -5.51. The van der Waals surface area contributed by atoms with Gasteiger partial charge in [-0.1, -0.05) is 0 Å². The molecule has 2 N–H and O–H groups in total. The van der Waals surface area contributed by atoms with Crippen molar-refractivity contribution in [1.29, 1.82) is 0 Å². The molecule has 34 heavy (non-hydrogen) atoms. The zero-order valence-electron chi connectivity index (χ0n) is 18.7. The topological polar surface area (TPSA) is 103 Å². The highest BCUT2D eigenvalue weighted by molar-refractivity contribution is 5.73. The molecule has 0 saturated carbocycles. The van der Waals surface area contributed by atoms with Gasteiger partial charge in [-0.05, 0) is 38.8 Å². The molecule has 2 fully saturated rings. The van der Waals surface area contributed by atoms with Gasteiger partial charge >= 0.3 is 24.3 Å². The van der Waals surface area contributed by atoms with Gasteiger partial charge in [-0.15, -0.1) is 0 Å². The number of nitrogens with zero attached hydrogens (tertiary/aromatic N) is 2. The van der Waals surface area contributed by atoms with Crippen LogP contribution in [-0.4, -0.2) is 89.7 Å². The predicted molar refractivity (Wildman–Crippen MR) is 106 cm³/mol. The third-order valence-electron chi connectivity index (χ3n) is 5.86. The Kier molecular flexibility index (Phi) is 10.8. The van der Waals surface area contributed by atoms with E-state index in [0.29, 0.717) is 11.6 Å². The highest BCUT2D eigenvalue weighted by atomic mass is 19.4. The molecule has 8 nitrogen and oxygen atoms in total. The predicted octanol–water partition coefficient (Wildman–Crippen LogP) is 3.62. The quantitative estimate of drug-likeness (QED) is 0.597. The van der Waals surface area contributed by atoms with E-state index in [0.717, 1.165) is 13.2 Å². The number of hydrogen-bond acceptors (Lipinski definition) is 6. The lowest BCUT2D eigenvalue weighted by Gasteiger charge is -2.45. The average Bonchev–Trinajstić information content (AvgIpc) is 3.34. The molecule has 3 rings (SSSR count). The Labute approximate surface area is 192 Å². The molecule has 3 heterocycles. The number of piperidine rings is 1. The number of halogens is 6. The summed E-state index contributed by atoms with van der Waals surface area (Å²) >= 11 is 0. The SMILES string of the molecule is COCC1CCC2(CCN(Cc3ccoc3)CC2)N1C.O=C(O)C(F)(F)F.O=C(O)C(F)(F)F. The Hall–Kier alpha value is -2.32. The number of hydrogen-bond donors (Lipinski definition) is 2. The molecule has 2 aliphatic heterocycles. The first-order chi connectivity index (χ1) is 15.6. The molecule has 0 bridgehead atoms. The van der Waals surface area contributed by atoms with Crippen LogP contribution in [0.2, 0.25) is 0 Å². The highest BCUT2D eigenvalue weighted by Crippen LogP contribution is 2.40. The third kappa shape index (κ3) is 9.14. The number of alkyl halides is 6. The molecule has 1 aromatic heterocycles. The van der Waals surface area contributed by atoms with Gasteiger partial charge in [-0.25, -0.2) is 9.59 Å². The number of methoxy groups -OCH3 is 1. The van der Waals surface area contributed by atoms with Crippen molar-refractivity contribution in [3.8, 4) is 0 Å². The number of likely N-dealkylation sites (N-methyl/N-ethyl adjacent to an activating group) is 1. The lowest BCUT2D eigenvalue weighted by atomic mass is 9.85. The van der Waals surface area contributed by atoms with Gasteiger partial charge in [0.15, 0.2) is 0 Å². The second-order valence-electron chi connectivity index (χ2n) is 8.00. The number of likely N-dealkylation sites (tertiary alicyclic amines) is 2. The van der Waals surface area contributed by atoms with Gasteiger partial charge in [0.2, 0.25) is 0 Å². The Morgan fingerprint density at radius 1 is 1.09 bits per heavy atom. The first-order valence-electron chi connectivity index (χ1n) is 10.2. The highest BCUT2D eigenvalue weighted by Gasteiger charge is 2.45. The number of aliphatic carboxylic acids is 2. The van der Waals surface area contributed by atoms with Crippen molar-refractivity contribution in [2.24, 2.45) is 0 Å². The summed E-state index contributed by atoms with van der Waals surface area (Å²) in [6.07, 6.45) is -1.37. The molecular formula is C20H28F6N2O6. The Morgan fingerprint density at radius 3 is 1.97 bits per heavy atom. The van der Waals surface area contributed by atoms with E-state index < -0.39 is 24.3 Å². The van der Waals surface area contributed by atoms with E-state index in [-0.39, 0.29) is 0 Å². The van der Waals surface area contributed by atoms with E-state index in [1.807, 2.05) is 13.4 Å². The molecule has 1 unspecified atom stereocenters. The van der Waals surface area contributed by atoms with Gasteiger partial charge in [0.25, 0.3) is 0 Å². The maximum Gasteiger partial charge on any atom is 0.490 e. The van der Waals surface area contributed by atoms with E-state index >= 15 is 0 Å². The molecule has 0 aliphatic carbocycles. The van der Waals surface area contributed by atoms with Crippen LogP contribution in [-0.2, 0) is 20.9 Å². The Morgan fingerprint density at radius 2 is 1.59 bits per heavy atom. The van der Waals surface area contributed by atoms with Crippen molar-refractivity contribution >= 4 is 11.9 Å². The summed E-state index contributed by atoms with van der Waals surface area (Å²) in [6, 6.07) is 2.68. The van der Waals surface area contributed by atoms with Crippen LogP contribution in [0, 0.1) is 0 Å². The molecular weight excluding hydrogens is 478 g/mol. The van der Waals surface area contributed by atoms with Gasteiger partial charge in [-0.3, -0.25) is 9.80 Å². The van der Waals surface area contributed by atoms with E-state index in [9.17, 15) is 26.3 Å². The van der Waals surface area contributed by atoms with Crippen LogP contribution in [0.25, 0.3) is 0 Å². The number of carbonyl (C=O) groups is 2. The fraction of sp³-hybridized carbons (Fsp3) is 0.700. The number of carboxylic acid groups (broad SMARTS) is 2. The maximum atomic E-state index is 10.6. The molecule has 1 spiro atoms. The maximum absolute atomic E-state index is 10.6. The second kappa shape index (κ2) is 12.4. The van der Waals surface area contributed by atoms with Crippen molar-refractivity contribution in [1.82, 2.24) is 9.80 Å². The molecule has 2 aliphatic rings. The molecule has 0 aromatic carbocycles. The third-order valence-corrected chi connectivity index (χ3v) is 5.86. The van der Waals surface area contributed by atoms with Crippen LogP contribution in [0.15, 0.2) is 23.0 Å². The van der Waals surface area contributed by atoms with E-state index in [1.165, 1.54) is 44.3 Å². The summed E-state index contributed by atoms with van der Waals surface area (Å²) in [5, 5.41) is 14.2. The molecule has 196 valence electrons. The number of carboxylic acids is 2. The summed E-state index contributed by atoms with van der Waals surface area (Å²) in [5.41, 5.74) is 1.72. The smallest absolute Gasteiger partial charge is 0.475 e. The second-order valence-corrected chi connectivity index (χ2v) is 8.00. The molecule has 1 aromatic rings. The van der Waals surface area contributed by atoms with Gasteiger partial charge in [0.05, 0.1) is 19.1 Å². The van der Waals surface area contributed by atoms with Crippen molar-refractivity contribution < 1.29 is 55.3 Å². The fourth-order valence-electron chi connectivity index (χ4n) is 3.95. The van der Waals surface area contributed by atoms with Crippen molar-refractivity contribution in [2.45, 2.75) is 56.2 Å². The van der Waals surface area contributed by atoms with Crippen LogP contribution in [0.4, 0.5) is 26.3 Å². The van der Waals surface area contributed by atoms with Gasteiger partial charge in [0, 0.05) is 43.9 Å². The standard InChI is InChI=1S/C16H26N2O2.2C2HF3O2/c1-17-15(13-19-2)3-5-16(17)6-8-18(9-7-16)11-14-4-10-20-12-14;2*3-2(4,5)1(6)7/h4,10,12,15H,3,5-9,11,13H2,1-2H3;2*(H,6,7). The fourth-order valence-corrected chi connectivity index (χ4v) is 3.95. The lowest BCUT2D eigenvalue weighted by molar-refractivity contribution is -0.193. The first kappa shape index (κ1) is 29.7. The zero-order chi connectivity index (χ0) is 26.2. The molecule has 1 atom stereocenters. The summed E-state index contributed by atoms with van der Waals surface area (Å²) in [4.78, 5) is 22.9. The molecule has 2 saturated heterocycles. The number of ether oxygens (including phenoxy) is 1. The van der Waals surface area contributed by atoms with Crippen LogP contribution in [0.1, 0.15) is 31.2 Å². The number of furan rings is 1. The van der Waals surface area contributed by atoms with Crippen molar-refractivity contribution in [3.63, 3.8) is 0 Å². The largest absolute Gasteiger partial charge is 0.490 e. The van der Waals surface area contributed by atoms with E-state index in [4.69, 9.17) is 29.0 Å². The summed E-state index contributed by atoms with van der Waals surface area (Å²) in [6.45, 7) is 4.28. The minimum Gasteiger partial charge on any atom is -0.475 e. The zero-order valence-corrected chi connectivity index (χ0v) is 18.7. The van der Waals surface area contributed by atoms with E-state index in [1.54, 1.807) is 6.26 Å². The van der Waals surface area contributed by atoms with Crippen molar-refractivity contribution in [3.05, 3.63) is 24.2 Å². The molecule has 0 amide bonds. The average molecular weight is 506 g/mol. The van der Waals surface area contributed by atoms with Gasteiger partial charge in [-0.2, -0.15) is 26.3 Å². The van der Waals surface area contributed by atoms with Crippen LogP contribution < -0.4 is 0 Å². The van der Waals surface area contributed by atoms with Gasteiger partial charge in [0.1, 0.15) is 0 Å². The van der Waals surface area contributed by atoms with Crippen LogP contribution >= 0.6 is 0 Å². The Bertz CT molecular complexity index is 737. The molecule has 14 heteroatoms. The first-order valence-corrected chi connectivity index (χ1v) is 10.2. The minimum atomic E-state index is -5.08. The normalized spacial score (nSPS) is 20.8. The summed E-state index contributed by atoms with van der Waals surface area (Å²) in [7, 11) is 4.11. The van der Waals surface area contributed by atoms with Crippen LogP contribution in [0.5, 0.6) is 0 Å². The van der Waals surface area contributed by atoms with Gasteiger partial charge < -0.3 is 19.4 Å². The van der Waals surface area contributed by atoms with Crippen LogP contribution in [0.3, 0.4) is 0 Å².